The first-order chi connectivity index (χ1) is 17.8. The number of hydrogen-bond donors (Lipinski definition) is 1. The van der Waals surface area contributed by atoms with Gasteiger partial charge in [0.25, 0.3) is 0 Å². The van der Waals surface area contributed by atoms with E-state index in [2.05, 4.69) is 20.8 Å². The van der Waals surface area contributed by atoms with Crippen molar-refractivity contribution >= 4 is 10.0 Å². The summed E-state index contributed by atoms with van der Waals surface area (Å²) in [7, 11) is 0.220. The number of likely N-dealkylation sites (N-methyl/N-ethyl adjacent to an activating group) is 1. The molecule has 0 amide bonds. The largest absolute Gasteiger partial charge is 0.489 e. The lowest BCUT2D eigenvalue weighted by Crippen LogP contribution is -2.31. The zero-order chi connectivity index (χ0) is 26.3. The van der Waals surface area contributed by atoms with Crippen molar-refractivity contribution < 1.29 is 17.9 Å². The monoisotopic (exact) mass is 521 g/mol. The third-order valence-corrected chi connectivity index (χ3v) is 7.49. The third-order valence-electron chi connectivity index (χ3n) is 6.01. The molecule has 194 valence electrons. The van der Waals surface area contributed by atoms with Crippen LogP contribution in [0.3, 0.4) is 0 Å². The second kappa shape index (κ2) is 12.3. The highest BCUT2D eigenvalue weighted by Gasteiger charge is 2.18. The summed E-state index contributed by atoms with van der Waals surface area (Å²) in [6.45, 7) is 2.29. The van der Waals surface area contributed by atoms with Crippen LogP contribution in [0.25, 0.3) is 11.3 Å². The van der Waals surface area contributed by atoms with Gasteiger partial charge in [0, 0.05) is 44.1 Å². The van der Waals surface area contributed by atoms with Gasteiger partial charge in [-0.1, -0.05) is 12.1 Å². The Morgan fingerprint density at radius 1 is 1.14 bits per heavy atom. The van der Waals surface area contributed by atoms with Gasteiger partial charge in [0.2, 0.25) is 10.0 Å². The van der Waals surface area contributed by atoms with Crippen molar-refractivity contribution in [3.63, 3.8) is 0 Å². The summed E-state index contributed by atoms with van der Waals surface area (Å²) in [5.74, 6) is 1.16. The molecule has 1 aromatic heterocycles. The molecule has 2 aromatic carbocycles. The molecule has 2 heterocycles. The van der Waals surface area contributed by atoms with Gasteiger partial charge in [0.1, 0.15) is 23.7 Å². The van der Waals surface area contributed by atoms with Crippen molar-refractivity contribution in [1.82, 2.24) is 19.6 Å². The molecule has 1 fully saturated rings. The molecule has 3 aromatic rings. The summed E-state index contributed by atoms with van der Waals surface area (Å²) in [6.07, 6.45) is 3.79. The van der Waals surface area contributed by atoms with Crippen LogP contribution in [0.15, 0.2) is 59.6 Å². The van der Waals surface area contributed by atoms with Gasteiger partial charge in [-0.25, -0.2) is 23.1 Å². The molecule has 9 nitrogen and oxygen atoms in total. The summed E-state index contributed by atoms with van der Waals surface area (Å²) in [4.78, 5) is 11.2. The smallest absolute Gasteiger partial charge is 0.240 e. The van der Waals surface area contributed by atoms with Crippen LogP contribution >= 0.6 is 0 Å². The minimum absolute atomic E-state index is 0.0487. The van der Waals surface area contributed by atoms with Gasteiger partial charge in [-0.05, 0) is 56.1 Å². The van der Waals surface area contributed by atoms with E-state index in [1.54, 1.807) is 42.6 Å². The van der Waals surface area contributed by atoms with Crippen LogP contribution in [-0.2, 0) is 21.2 Å². The van der Waals surface area contributed by atoms with E-state index in [0.717, 1.165) is 24.0 Å². The number of ether oxygens (including phenoxy) is 2. The molecule has 1 saturated heterocycles. The number of benzene rings is 2. The minimum atomic E-state index is -3.56. The maximum atomic E-state index is 12.5. The number of nitriles is 1. The minimum Gasteiger partial charge on any atom is -0.489 e. The van der Waals surface area contributed by atoms with Gasteiger partial charge in [-0.3, -0.25) is 0 Å². The average Bonchev–Trinajstić information content (AvgIpc) is 2.90. The first-order valence-electron chi connectivity index (χ1n) is 12.2. The number of aromatic nitrogens is 2. The quantitative estimate of drug-likeness (QED) is 0.433. The standard InChI is InChI=1S/C27H31N5O4S/c1-32(2)14-13-30-37(33,34)24-6-3-20(4-7-24)17-27-29-12-9-25(31-27)21-5-8-26(22(18-21)19-28)36-23-10-15-35-16-11-23/h3-9,12,18,23,30H,10-11,13-17H2,1-2H3. The average molecular weight is 522 g/mol. The molecule has 0 atom stereocenters. The van der Waals surface area contributed by atoms with Crippen LogP contribution in [0.1, 0.15) is 29.8 Å². The van der Waals surface area contributed by atoms with Crippen molar-refractivity contribution in [2.45, 2.75) is 30.3 Å². The molecule has 0 unspecified atom stereocenters. The highest BCUT2D eigenvalue weighted by molar-refractivity contribution is 7.89. The predicted molar refractivity (Wildman–Crippen MR) is 140 cm³/mol. The van der Waals surface area contributed by atoms with E-state index in [4.69, 9.17) is 9.47 Å². The predicted octanol–water partition coefficient (Wildman–Crippen LogP) is 3.00. The van der Waals surface area contributed by atoms with Crippen LogP contribution in [0.2, 0.25) is 0 Å². The highest BCUT2D eigenvalue weighted by Crippen LogP contribution is 2.27. The fraction of sp³-hybridized carbons (Fsp3) is 0.370. The Balaban J connectivity index is 1.45. The van der Waals surface area contributed by atoms with E-state index in [0.29, 0.717) is 55.6 Å². The molecule has 37 heavy (non-hydrogen) atoms. The molecule has 0 spiro atoms. The Kier molecular flexibility index (Phi) is 8.84. The molecule has 1 aliphatic rings. The first kappa shape index (κ1) is 26.7. The summed E-state index contributed by atoms with van der Waals surface area (Å²) < 4.78 is 39.0. The number of nitrogens with zero attached hydrogens (tertiary/aromatic N) is 4. The van der Waals surface area contributed by atoms with E-state index < -0.39 is 10.0 Å². The van der Waals surface area contributed by atoms with Gasteiger partial charge in [-0.2, -0.15) is 5.26 Å². The lowest BCUT2D eigenvalue weighted by molar-refractivity contribution is 0.0254. The molecular formula is C27H31N5O4S. The number of sulfonamides is 1. The fourth-order valence-electron chi connectivity index (χ4n) is 3.95. The summed E-state index contributed by atoms with van der Waals surface area (Å²) in [6, 6.07) is 16.2. The number of nitrogens with one attached hydrogen (secondary N) is 1. The molecule has 4 rings (SSSR count). The van der Waals surface area contributed by atoms with Gasteiger partial charge in [0.05, 0.1) is 29.4 Å². The third kappa shape index (κ3) is 7.33. The summed E-state index contributed by atoms with van der Waals surface area (Å²) >= 11 is 0. The number of rotatable bonds is 10. The number of hydrogen-bond acceptors (Lipinski definition) is 8. The Morgan fingerprint density at radius 2 is 1.89 bits per heavy atom. The van der Waals surface area contributed by atoms with Crippen LogP contribution in [0.5, 0.6) is 5.75 Å². The van der Waals surface area contributed by atoms with E-state index in [1.165, 1.54) is 0 Å². The molecule has 1 N–H and O–H groups in total. The molecule has 0 radical (unpaired) electrons. The van der Waals surface area contributed by atoms with Crippen molar-refractivity contribution in [3.8, 4) is 23.1 Å². The molecule has 1 aliphatic heterocycles. The lowest BCUT2D eigenvalue weighted by atomic mass is 10.1. The fourth-order valence-corrected chi connectivity index (χ4v) is 4.97. The van der Waals surface area contributed by atoms with Crippen LogP contribution in [-0.4, -0.2) is 69.8 Å². The summed E-state index contributed by atoms with van der Waals surface area (Å²) in [5, 5.41) is 9.68. The molecule has 0 bridgehead atoms. The van der Waals surface area contributed by atoms with E-state index in [1.807, 2.05) is 31.1 Å². The molecule has 10 heteroatoms. The SMILES string of the molecule is CN(C)CCNS(=O)(=O)c1ccc(Cc2nccc(-c3ccc(OC4CCOCC4)c(C#N)c3)n2)cc1. The highest BCUT2D eigenvalue weighted by atomic mass is 32.2. The van der Waals surface area contributed by atoms with Crippen LogP contribution in [0.4, 0.5) is 0 Å². The molecule has 0 aliphatic carbocycles. The molecule has 0 saturated carbocycles. The Bertz CT molecular complexity index is 1350. The van der Waals surface area contributed by atoms with Gasteiger partial charge >= 0.3 is 0 Å². The maximum absolute atomic E-state index is 12.5. The Hall–Kier alpha value is -3.36. The van der Waals surface area contributed by atoms with Crippen molar-refractivity contribution in [2.75, 3.05) is 40.4 Å². The van der Waals surface area contributed by atoms with Crippen molar-refractivity contribution in [1.29, 1.82) is 5.26 Å². The van der Waals surface area contributed by atoms with Crippen LogP contribution in [0, 0.1) is 11.3 Å². The Labute approximate surface area is 218 Å². The topological polar surface area (TPSA) is 117 Å². The van der Waals surface area contributed by atoms with Gasteiger partial charge < -0.3 is 14.4 Å². The molecular weight excluding hydrogens is 490 g/mol. The zero-order valence-corrected chi connectivity index (χ0v) is 21.9. The van der Waals surface area contributed by atoms with E-state index in [-0.39, 0.29) is 11.0 Å². The van der Waals surface area contributed by atoms with Crippen molar-refractivity contribution in [3.05, 3.63) is 71.7 Å². The normalized spacial score (nSPS) is 14.4. The second-order valence-corrected chi connectivity index (χ2v) is 10.9. The van der Waals surface area contributed by atoms with Crippen LogP contribution < -0.4 is 9.46 Å². The van der Waals surface area contributed by atoms with Crippen molar-refractivity contribution in [2.24, 2.45) is 0 Å². The lowest BCUT2D eigenvalue weighted by Gasteiger charge is -2.23. The maximum Gasteiger partial charge on any atom is 0.240 e. The Morgan fingerprint density at radius 3 is 2.59 bits per heavy atom. The zero-order valence-electron chi connectivity index (χ0n) is 21.1. The van der Waals surface area contributed by atoms with Gasteiger partial charge in [0.15, 0.2) is 0 Å². The second-order valence-electron chi connectivity index (χ2n) is 9.13. The van der Waals surface area contributed by atoms with Gasteiger partial charge in [-0.15, -0.1) is 0 Å². The summed E-state index contributed by atoms with van der Waals surface area (Å²) in [5.41, 5.74) is 2.84. The van der Waals surface area contributed by atoms with E-state index >= 15 is 0 Å². The van der Waals surface area contributed by atoms with E-state index in [9.17, 15) is 13.7 Å². The first-order valence-corrected chi connectivity index (χ1v) is 13.7.